The van der Waals surface area contributed by atoms with Gasteiger partial charge >= 0.3 is 0 Å². The van der Waals surface area contributed by atoms with Crippen molar-refractivity contribution in [3.05, 3.63) is 29.3 Å². The highest BCUT2D eigenvalue weighted by Gasteiger charge is 2.49. The molecule has 1 saturated heterocycles. The van der Waals surface area contributed by atoms with Gasteiger partial charge in [0, 0.05) is 29.4 Å². The van der Waals surface area contributed by atoms with Crippen LogP contribution in [0.2, 0.25) is 0 Å². The monoisotopic (exact) mass is 544 g/mol. The van der Waals surface area contributed by atoms with Gasteiger partial charge in [0.25, 0.3) is 0 Å². The number of carbonyl (C=O) groups excluding carboxylic acids is 1. The van der Waals surface area contributed by atoms with Gasteiger partial charge in [-0.1, -0.05) is 12.1 Å². The summed E-state index contributed by atoms with van der Waals surface area (Å²) in [5.74, 6) is -1.67. The molecule has 3 aromatic rings. The fourth-order valence-electron chi connectivity index (χ4n) is 5.75. The third-order valence-corrected chi connectivity index (χ3v) is 8.03. The van der Waals surface area contributed by atoms with Gasteiger partial charge in [-0.25, -0.2) is 0 Å². The highest BCUT2D eigenvalue weighted by atomic mass is 16.7. The van der Waals surface area contributed by atoms with Crippen LogP contribution in [0.3, 0.4) is 0 Å². The molecule has 210 valence electrons. The van der Waals surface area contributed by atoms with Crippen molar-refractivity contribution in [2.24, 2.45) is 5.73 Å². The van der Waals surface area contributed by atoms with Crippen LogP contribution in [0.5, 0.6) is 23.0 Å². The first-order chi connectivity index (χ1) is 18.3. The zero-order valence-electron chi connectivity index (χ0n) is 21.6. The summed E-state index contributed by atoms with van der Waals surface area (Å²) in [5.41, 5.74) is 10.4. The topological polar surface area (TPSA) is 218 Å². The summed E-state index contributed by atoms with van der Waals surface area (Å²) in [6, 6.07) is 3.69. The molecular formula is C27H32N2O10. The smallest absolute Gasteiger partial charge is 0.186 e. The SMILES string of the molecule is COc1cccc2c(O)c3c(O)c4c(c(O)c3c(N)c12)[C@@H](O[C@@H]1O[C@@H](C)[C@@H](O)[C@@H](N)[C@@H]1O)C[C@](O)(C(C)=O)C4. The first-order valence-corrected chi connectivity index (χ1v) is 12.5. The Balaban J connectivity index is 1.78. The standard InChI is InChI=1S/C27H32N2O10/c1-9-21(31)20(29)25(35)26(38-9)39-14-8-27(36,10(2)30)7-12-16(14)24(34)17-18(23(12)33)22(32)11-5-4-6-13(37-3)15(11)19(17)28/h4-6,9,14,20-21,25-26,31-36H,7-8,28-29H2,1-3H3/t9-,14-,20+,21+,25-,26-,27-/m0/s1. The van der Waals surface area contributed by atoms with Crippen LogP contribution in [0.15, 0.2) is 18.2 Å². The van der Waals surface area contributed by atoms with E-state index in [1.54, 1.807) is 18.2 Å². The minimum absolute atomic E-state index is 0.00437. The molecule has 1 fully saturated rings. The van der Waals surface area contributed by atoms with E-state index < -0.39 is 71.8 Å². The number of hydrogen-bond acceptors (Lipinski definition) is 12. The number of methoxy groups -OCH3 is 1. The first kappa shape index (κ1) is 27.2. The summed E-state index contributed by atoms with van der Waals surface area (Å²) in [4.78, 5) is 12.5. The molecule has 0 amide bonds. The van der Waals surface area contributed by atoms with Gasteiger partial charge < -0.3 is 56.3 Å². The molecule has 7 atom stereocenters. The predicted molar refractivity (Wildman–Crippen MR) is 140 cm³/mol. The van der Waals surface area contributed by atoms with Crippen LogP contribution < -0.4 is 16.2 Å². The second-order valence-electron chi connectivity index (χ2n) is 10.3. The lowest BCUT2D eigenvalue weighted by atomic mass is 9.74. The van der Waals surface area contributed by atoms with Crippen molar-refractivity contribution in [3.63, 3.8) is 0 Å². The molecule has 5 rings (SSSR count). The number of phenols is 3. The van der Waals surface area contributed by atoms with Gasteiger partial charge in [0.05, 0.1) is 53.3 Å². The molecule has 0 unspecified atom stereocenters. The number of phenolic OH excluding ortho intramolecular Hbond substituents is 3. The highest BCUT2D eigenvalue weighted by molar-refractivity contribution is 6.20. The van der Waals surface area contributed by atoms with Gasteiger partial charge in [0.15, 0.2) is 12.1 Å². The number of rotatable bonds is 4. The molecule has 0 spiro atoms. The maximum absolute atomic E-state index is 12.5. The third kappa shape index (κ3) is 3.94. The number of benzene rings is 3. The van der Waals surface area contributed by atoms with Gasteiger partial charge in [0.2, 0.25) is 0 Å². The number of aliphatic hydroxyl groups excluding tert-OH is 2. The predicted octanol–water partition coefficient (Wildman–Crippen LogP) is 0.818. The molecule has 3 aromatic carbocycles. The number of aliphatic hydroxyl groups is 3. The summed E-state index contributed by atoms with van der Waals surface area (Å²) in [6.07, 6.45) is -6.98. The number of nitrogens with two attached hydrogens (primary N) is 2. The highest BCUT2D eigenvalue weighted by Crippen LogP contribution is 2.56. The second-order valence-corrected chi connectivity index (χ2v) is 10.3. The van der Waals surface area contributed by atoms with Crippen molar-refractivity contribution in [2.45, 2.75) is 69.0 Å². The molecule has 1 heterocycles. The maximum Gasteiger partial charge on any atom is 0.186 e. The molecule has 1 aliphatic carbocycles. The molecular weight excluding hydrogens is 512 g/mol. The first-order valence-electron chi connectivity index (χ1n) is 12.5. The van der Waals surface area contributed by atoms with Crippen LogP contribution >= 0.6 is 0 Å². The molecule has 0 bridgehead atoms. The molecule has 12 nitrogen and oxygen atoms in total. The van der Waals surface area contributed by atoms with Crippen molar-refractivity contribution >= 4 is 33.0 Å². The number of nitrogen functional groups attached to an aromatic ring is 1. The lowest BCUT2D eigenvalue weighted by molar-refractivity contribution is -0.286. The Morgan fingerprint density at radius 1 is 1.08 bits per heavy atom. The van der Waals surface area contributed by atoms with E-state index >= 15 is 0 Å². The molecule has 0 saturated carbocycles. The number of anilines is 1. The van der Waals surface area contributed by atoms with Crippen LogP contribution in [-0.4, -0.2) is 79.8 Å². The van der Waals surface area contributed by atoms with E-state index in [4.69, 9.17) is 25.7 Å². The number of hydrogen-bond donors (Lipinski definition) is 8. The maximum atomic E-state index is 12.5. The molecule has 10 N–H and O–H groups in total. The lowest BCUT2D eigenvalue weighted by Crippen LogP contribution is -2.61. The summed E-state index contributed by atoms with van der Waals surface area (Å²) in [7, 11) is 1.42. The van der Waals surface area contributed by atoms with Crippen molar-refractivity contribution in [1.82, 2.24) is 0 Å². The van der Waals surface area contributed by atoms with E-state index in [9.17, 15) is 35.4 Å². The van der Waals surface area contributed by atoms with Crippen LogP contribution in [0.25, 0.3) is 21.5 Å². The van der Waals surface area contributed by atoms with E-state index in [1.807, 2.05) is 0 Å². The third-order valence-electron chi connectivity index (χ3n) is 8.03. The molecule has 2 aliphatic rings. The van der Waals surface area contributed by atoms with Crippen molar-refractivity contribution < 1.29 is 49.6 Å². The molecule has 12 heteroatoms. The lowest BCUT2D eigenvalue weighted by Gasteiger charge is -2.43. The zero-order valence-corrected chi connectivity index (χ0v) is 21.6. The van der Waals surface area contributed by atoms with Gasteiger partial charge in [-0.2, -0.15) is 0 Å². The average molecular weight is 545 g/mol. The Hall–Kier alpha value is -3.39. The van der Waals surface area contributed by atoms with Crippen LogP contribution in [0.4, 0.5) is 5.69 Å². The molecule has 1 aliphatic heterocycles. The number of aromatic hydroxyl groups is 3. The molecule has 0 radical (unpaired) electrons. The van der Waals surface area contributed by atoms with Crippen LogP contribution in [0.1, 0.15) is 37.5 Å². The van der Waals surface area contributed by atoms with E-state index in [0.717, 1.165) is 0 Å². The number of carbonyl (C=O) groups is 1. The number of ether oxygens (including phenoxy) is 3. The Kier molecular flexibility index (Phi) is 6.53. The molecule has 0 aromatic heterocycles. The van der Waals surface area contributed by atoms with E-state index in [2.05, 4.69) is 0 Å². The number of ketones is 1. The second kappa shape index (κ2) is 9.37. The average Bonchev–Trinajstić information content (AvgIpc) is 2.90. The minimum atomic E-state index is -2.02. The Morgan fingerprint density at radius 2 is 1.77 bits per heavy atom. The van der Waals surface area contributed by atoms with Crippen molar-refractivity contribution in [1.29, 1.82) is 0 Å². The van der Waals surface area contributed by atoms with E-state index in [0.29, 0.717) is 11.1 Å². The van der Waals surface area contributed by atoms with E-state index in [1.165, 1.54) is 21.0 Å². The Labute approximate surface area is 222 Å². The van der Waals surface area contributed by atoms with Gasteiger partial charge in [-0.05, 0) is 19.9 Å². The van der Waals surface area contributed by atoms with Crippen molar-refractivity contribution in [3.8, 4) is 23.0 Å². The van der Waals surface area contributed by atoms with Gasteiger partial charge in [0.1, 0.15) is 34.7 Å². The summed E-state index contributed by atoms with van der Waals surface area (Å²) in [5, 5.41) is 66.6. The molecule has 39 heavy (non-hydrogen) atoms. The number of Topliss-reactive ketones (excluding diaryl/α,β-unsaturated/α-hetero) is 1. The Bertz CT molecular complexity index is 1490. The van der Waals surface area contributed by atoms with E-state index in [-0.39, 0.29) is 39.4 Å². The van der Waals surface area contributed by atoms with Gasteiger partial charge in [-0.15, -0.1) is 0 Å². The number of fused-ring (bicyclic) bond motifs is 3. The van der Waals surface area contributed by atoms with Crippen LogP contribution in [0, 0.1) is 0 Å². The zero-order chi connectivity index (χ0) is 28.5. The largest absolute Gasteiger partial charge is 0.507 e. The quantitative estimate of drug-likeness (QED) is 0.130. The van der Waals surface area contributed by atoms with Crippen molar-refractivity contribution in [2.75, 3.05) is 12.8 Å². The minimum Gasteiger partial charge on any atom is -0.507 e. The summed E-state index contributed by atoms with van der Waals surface area (Å²) >= 11 is 0. The van der Waals surface area contributed by atoms with Crippen LogP contribution in [-0.2, 0) is 20.7 Å². The van der Waals surface area contributed by atoms with Gasteiger partial charge in [-0.3, -0.25) is 4.79 Å². The fraction of sp³-hybridized carbons (Fsp3) is 0.444. The Morgan fingerprint density at radius 3 is 2.41 bits per heavy atom. The summed E-state index contributed by atoms with van der Waals surface area (Å²) in [6.45, 7) is 2.71. The summed E-state index contributed by atoms with van der Waals surface area (Å²) < 4.78 is 17.0. The fourth-order valence-corrected chi connectivity index (χ4v) is 5.75. The normalized spacial score (nSPS) is 30.8.